The molecule has 0 heterocycles. The van der Waals surface area contributed by atoms with Crippen molar-refractivity contribution in [3.63, 3.8) is 0 Å². The summed E-state index contributed by atoms with van der Waals surface area (Å²) in [5.41, 5.74) is 1.17. The first-order valence-electron chi connectivity index (χ1n) is 8.03. The van der Waals surface area contributed by atoms with Crippen molar-refractivity contribution in [3.05, 3.63) is 12.2 Å². The monoisotopic (exact) mass is 248 g/mol. The Kier molecular flexibility index (Phi) is 3.95. The minimum absolute atomic E-state index is 0.571. The van der Waals surface area contributed by atoms with Crippen LogP contribution in [0.2, 0.25) is 0 Å². The lowest BCUT2D eigenvalue weighted by molar-refractivity contribution is -0.0922. The molecule has 2 aliphatic carbocycles. The van der Waals surface area contributed by atoms with E-state index in [4.69, 9.17) is 0 Å². The third kappa shape index (κ3) is 2.28. The molecule has 4 atom stereocenters. The van der Waals surface area contributed by atoms with Gasteiger partial charge >= 0.3 is 0 Å². The van der Waals surface area contributed by atoms with Gasteiger partial charge in [0.05, 0.1) is 0 Å². The molecule has 18 heavy (non-hydrogen) atoms. The maximum atomic E-state index is 2.61. The van der Waals surface area contributed by atoms with Gasteiger partial charge in [0.1, 0.15) is 0 Å². The molecule has 0 spiro atoms. The highest BCUT2D eigenvalue weighted by molar-refractivity contribution is 5.04. The molecule has 0 heteroatoms. The van der Waals surface area contributed by atoms with Crippen LogP contribution in [0.1, 0.15) is 73.1 Å². The fourth-order valence-electron chi connectivity index (χ4n) is 5.40. The molecule has 0 nitrogen and oxygen atoms in total. The third-order valence-electron chi connectivity index (χ3n) is 6.35. The zero-order valence-corrected chi connectivity index (χ0v) is 13.1. The van der Waals surface area contributed by atoms with Crippen LogP contribution in [0.4, 0.5) is 0 Å². The maximum absolute atomic E-state index is 2.61. The second kappa shape index (κ2) is 5.02. The van der Waals surface area contributed by atoms with Crippen molar-refractivity contribution < 1.29 is 0 Å². The minimum atomic E-state index is 0.571. The number of fused-ring (bicyclic) bond motifs is 1. The lowest BCUT2D eigenvalue weighted by Gasteiger charge is -2.59. The molecule has 0 bridgehead atoms. The van der Waals surface area contributed by atoms with Crippen molar-refractivity contribution in [2.24, 2.45) is 28.6 Å². The average molecular weight is 248 g/mol. The summed E-state index contributed by atoms with van der Waals surface area (Å²) >= 11 is 0. The van der Waals surface area contributed by atoms with Crippen LogP contribution in [0.3, 0.4) is 0 Å². The first-order valence-corrected chi connectivity index (χ1v) is 8.03. The predicted molar refractivity (Wildman–Crippen MR) is 80.5 cm³/mol. The molecule has 4 unspecified atom stereocenters. The molecule has 0 aromatic carbocycles. The molecule has 0 N–H and O–H groups in total. The smallest absolute Gasteiger partial charge is 0.0259 e. The largest absolute Gasteiger partial charge is 0.0917 e. The molecule has 0 aliphatic heterocycles. The topological polar surface area (TPSA) is 0 Å². The highest BCUT2D eigenvalue weighted by Crippen LogP contribution is 2.61. The number of hydrogen-bond donors (Lipinski definition) is 0. The van der Waals surface area contributed by atoms with Gasteiger partial charge in [0, 0.05) is 0 Å². The Morgan fingerprint density at radius 2 is 1.83 bits per heavy atom. The van der Waals surface area contributed by atoms with Gasteiger partial charge in [-0.25, -0.2) is 0 Å². The molecule has 104 valence electrons. The standard InChI is InChI=1S/C18H32/c1-6-7-9-15-14(2)10-11-16-17(3,4)12-8-13-18(15,16)5/h6-7,14-16H,8-13H2,1-5H3/b7-6+. The van der Waals surface area contributed by atoms with Gasteiger partial charge in [-0.3, -0.25) is 0 Å². The number of rotatable bonds is 2. The molecule has 2 saturated carbocycles. The number of allylic oxidation sites excluding steroid dienone is 2. The van der Waals surface area contributed by atoms with Crippen LogP contribution in [0, 0.1) is 28.6 Å². The second-order valence-corrected chi connectivity index (χ2v) is 7.87. The summed E-state index contributed by atoms with van der Waals surface area (Å²) in [4.78, 5) is 0. The van der Waals surface area contributed by atoms with Crippen LogP contribution in [0.25, 0.3) is 0 Å². The van der Waals surface area contributed by atoms with E-state index in [0.29, 0.717) is 10.8 Å². The minimum Gasteiger partial charge on any atom is -0.0917 e. The second-order valence-electron chi connectivity index (χ2n) is 7.87. The van der Waals surface area contributed by atoms with Crippen molar-refractivity contribution in [2.45, 2.75) is 73.1 Å². The summed E-state index contributed by atoms with van der Waals surface area (Å²) in [6, 6.07) is 0. The van der Waals surface area contributed by atoms with Crippen molar-refractivity contribution in [3.8, 4) is 0 Å². The molecule has 0 aromatic heterocycles. The van der Waals surface area contributed by atoms with Crippen LogP contribution in [-0.4, -0.2) is 0 Å². The Morgan fingerprint density at radius 3 is 2.50 bits per heavy atom. The van der Waals surface area contributed by atoms with Crippen molar-refractivity contribution in [1.29, 1.82) is 0 Å². The molecule has 2 aliphatic rings. The van der Waals surface area contributed by atoms with Gasteiger partial charge in [-0.1, -0.05) is 52.7 Å². The van der Waals surface area contributed by atoms with E-state index in [1.807, 2.05) is 0 Å². The van der Waals surface area contributed by atoms with Crippen LogP contribution in [0.5, 0.6) is 0 Å². The zero-order valence-electron chi connectivity index (χ0n) is 13.1. The van der Waals surface area contributed by atoms with E-state index in [9.17, 15) is 0 Å². The SMILES string of the molecule is C/C=C/CC1C(C)CCC2C(C)(C)CCCC12C. The molecule has 0 saturated heterocycles. The Balaban J connectivity index is 2.27. The van der Waals surface area contributed by atoms with Crippen LogP contribution < -0.4 is 0 Å². The fraction of sp³-hybridized carbons (Fsp3) is 0.889. The van der Waals surface area contributed by atoms with E-state index in [1.165, 1.54) is 38.5 Å². The Morgan fingerprint density at radius 1 is 1.11 bits per heavy atom. The molecule has 0 radical (unpaired) electrons. The lowest BCUT2D eigenvalue weighted by Crippen LogP contribution is -2.51. The summed E-state index contributed by atoms with van der Waals surface area (Å²) in [5.74, 6) is 2.77. The Bertz CT molecular complexity index is 312. The van der Waals surface area contributed by atoms with Gasteiger partial charge in [-0.15, -0.1) is 0 Å². The summed E-state index contributed by atoms with van der Waals surface area (Å²) in [5, 5.41) is 0. The van der Waals surface area contributed by atoms with Crippen molar-refractivity contribution >= 4 is 0 Å². The van der Waals surface area contributed by atoms with E-state index in [-0.39, 0.29) is 0 Å². The van der Waals surface area contributed by atoms with Gasteiger partial charge in [-0.05, 0) is 61.2 Å². The molecular formula is C18H32. The number of hydrogen-bond acceptors (Lipinski definition) is 0. The summed E-state index contributed by atoms with van der Waals surface area (Å²) in [7, 11) is 0. The summed E-state index contributed by atoms with van der Waals surface area (Å²) < 4.78 is 0. The van der Waals surface area contributed by atoms with Gasteiger partial charge in [0.2, 0.25) is 0 Å². The normalized spacial score (nSPS) is 43.9. The molecule has 2 fully saturated rings. The highest BCUT2D eigenvalue weighted by Gasteiger charge is 2.53. The van der Waals surface area contributed by atoms with Crippen molar-refractivity contribution in [1.82, 2.24) is 0 Å². The van der Waals surface area contributed by atoms with E-state index < -0.39 is 0 Å². The quantitative estimate of drug-likeness (QED) is 0.539. The predicted octanol–water partition coefficient (Wildman–Crippen LogP) is 5.83. The molecule has 2 rings (SSSR count). The summed E-state index contributed by atoms with van der Waals surface area (Å²) in [6.45, 7) is 12.3. The zero-order chi connectivity index (χ0) is 13.4. The van der Waals surface area contributed by atoms with Crippen LogP contribution >= 0.6 is 0 Å². The third-order valence-corrected chi connectivity index (χ3v) is 6.35. The van der Waals surface area contributed by atoms with Gasteiger partial charge < -0.3 is 0 Å². The van der Waals surface area contributed by atoms with Crippen LogP contribution in [-0.2, 0) is 0 Å². The summed E-state index contributed by atoms with van der Waals surface area (Å²) in [6.07, 6.45) is 13.2. The van der Waals surface area contributed by atoms with Crippen LogP contribution in [0.15, 0.2) is 12.2 Å². The maximum Gasteiger partial charge on any atom is -0.0259 e. The first-order chi connectivity index (χ1) is 8.42. The fourth-order valence-corrected chi connectivity index (χ4v) is 5.40. The van der Waals surface area contributed by atoms with Gasteiger partial charge in [-0.2, -0.15) is 0 Å². The molecule has 0 amide bonds. The van der Waals surface area contributed by atoms with E-state index in [0.717, 1.165) is 17.8 Å². The Hall–Kier alpha value is -0.260. The average Bonchev–Trinajstić information content (AvgIpc) is 2.27. The van der Waals surface area contributed by atoms with Crippen molar-refractivity contribution in [2.75, 3.05) is 0 Å². The first kappa shape index (κ1) is 14.2. The van der Waals surface area contributed by atoms with Gasteiger partial charge in [0.25, 0.3) is 0 Å². The Labute approximate surface area is 114 Å². The highest BCUT2D eigenvalue weighted by atomic mass is 14.6. The van der Waals surface area contributed by atoms with E-state index in [2.05, 4.69) is 46.8 Å². The van der Waals surface area contributed by atoms with E-state index >= 15 is 0 Å². The van der Waals surface area contributed by atoms with E-state index in [1.54, 1.807) is 0 Å². The lowest BCUT2D eigenvalue weighted by atomic mass is 9.46. The molecule has 0 aromatic rings. The molecular weight excluding hydrogens is 216 g/mol. The van der Waals surface area contributed by atoms with Gasteiger partial charge in [0.15, 0.2) is 0 Å².